The number of rotatable bonds is 4. The van der Waals surface area contributed by atoms with Crippen LogP contribution in [-0.2, 0) is 6.61 Å². The van der Waals surface area contributed by atoms with E-state index < -0.39 is 6.10 Å². The Kier molecular flexibility index (Phi) is 4.60. The van der Waals surface area contributed by atoms with E-state index in [-0.39, 0.29) is 6.61 Å². The monoisotopic (exact) mass is 269 g/mol. The smallest absolute Gasteiger partial charge is 0.184 e. The van der Waals surface area contributed by atoms with Gasteiger partial charge >= 0.3 is 0 Å². The SMILES string of the molecule is CCC(C#N)Oc1c(Br)cccc1CO. The fourth-order valence-corrected chi connectivity index (χ4v) is 1.65. The molecule has 1 rings (SSSR count). The molecule has 4 heteroatoms. The van der Waals surface area contributed by atoms with Crippen LogP contribution in [0, 0.1) is 11.3 Å². The number of halogens is 1. The van der Waals surface area contributed by atoms with Crippen LogP contribution >= 0.6 is 15.9 Å². The Hall–Kier alpha value is -1.05. The third kappa shape index (κ3) is 2.95. The van der Waals surface area contributed by atoms with Crippen molar-refractivity contribution in [2.75, 3.05) is 0 Å². The van der Waals surface area contributed by atoms with Crippen LogP contribution in [-0.4, -0.2) is 11.2 Å². The molecule has 0 radical (unpaired) electrons. The molecule has 1 aromatic carbocycles. The maximum absolute atomic E-state index is 9.12. The van der Waals surface area contributed by atoms with Gasteiger partial charge in [-0.25, -0.2) is 0 Å². The Bertz CT molecular complexity index is 373. The summed E-state index contributed by atoms with van der Waals surface area (Å²) < 4.78 is 6.25. The predicted octanol–water partition coefficient (Wildman–Crippen LogP) is 2.62. The molecule has 1 aromatic rings. The second-order valence-corrected chi connectivity index (χ2v) is 3.88. The summed E-state index contributed by atoms with van der Waals surface area (Å²) in [6, 6.07) is 7.46. The number of para-hydroxylation sites is 1. The molecule has 0 heterocycles. The summed E-state index contributed by atoms with van der Waals surface area (Å²) in [7, 11) is 0. The van der Waals surface area contributed by atoms with Crippen LogP contribution in [0.25, 0.3) is 0 Å². The Balaban J connectivity index is 2.97. The van der Waals surface area contributed by atoms with Crippen molar-refractivity contribution in [3.63, 3.8) is 0 Å². The molecule has 1 unspecified atom stereocenters. The normalized spacial score (nSPS) is 11.9. The van der Waals surface area contributed by atoms with Crippen molar-refractivity contribution in [2.24, 2.45) is 0 Å². The number of aliphatic hydroxyl groups is 1. The molecule has 15 heavy (non-hydrogen) atoms. The van der Waals surface area contributed by atoms with Crippen LogP contribution in [0.15, 0.2) is 22.7 Å². The van der Waals surface area contributed by atoms with Gasteiger partial charge in [0, 0.05) is 5.56 Å². The summed E-state index contributed by atoms with van der Waals surface area (Å²) in [5.41, 5.74) is 0.679. The predicted molar refractivity (Wildman–Crippen MR) is 60.4 cm³/mol. The molecule has 80 valence electrons. The largest absolute Gasteiger partial charge is 0.474 e. The van der Waals surface area contributed by atoms with E-state index in [2.05, 4.69) is 22.0 Å². The number of benzene rings is 1. The number of hydrogen-bond acceptors (Lipinski definition) is 3. The molecule has 3 nitrogen and oxygen atoms in total. The van der Waals surface area contributed by atoms with Crippen LogP contribution in [0.2, 0.25) is 0 Å². The summed E-state index contributed by atoms with van der Waals surface area (Å²) in [5, 5.41) is 17.9. The molecule has 0 aliphatic heterocycles. The highest BCUT2D eigenvalue weighted by Gasteiger charge is 2.12. The molecule has 0 amide bonds. The van der Waals surface area contributed by atoms with Gasteiger partial charge in [0.1, 0.15) is 11.8 Å². The maximum atomic E-state index is 9.12. The molecule has 0 bridgehead atoms. The number of nitriles is 1. The van der Waals surface area contributed by atoms with E-state index in [0.29, 0.717) is 17.7 Å². The van der Waals surface area contributed by atoms with Gasteiger partial charge in [0.15, 0.2) is 6.10 Å². The van der Waals surface area contributed by atoms with Crippen LogP contribution in [0.3, 0.4) is 0 Å². The average molecular weight is 270 g/mol. The van der Waals surface area contributed by atoms with Crippen molar-refractivity contribution in [2.45, 2.75) is 26.1 Å². The van der Waals surface area contributed by atoms with Gasteiger partial charge in [0.05, 0.1) is 11.1 Å². The van der Waals surface area contributed by atoms with Gasteiger partial charge in [-0.15, -0.1) is 0 Å². The van der Waals surface area contributed by atoms with Gasteiger partial charge in [-0.2, -0.15) is 5.26 Å². The van der Waals surface area contributed by atoms with Gasteiger partial charge in [-0.05, 0) is 28.4 Å². The highest BCUT2D eigenvalue weighted by Crippen LogP contribution is 2.30. The Morgan fingerprint density at radius 3 is 2.87 bits per heavy atom. The molecule has 1 atom stereocenters. The van der Waals surface area contributed by atoms with Crippen LogP contribution in [0.4, 0.5) is 0 Å². The van der Waals surface area contributed by atoms with Gasteiger partial charge in [-0.1, -0.05) is 19.1 Å². The standard InChI is InChI=1S/C11H12BrNO2/c1-2-9(6-13)15-11-8(7-14)4-3-5-10(11)12/h3-5,9,14H,2,7H2,1H3. The lowest BCUT2D eigenvalue weighted by atomic mass is 10.2. The third-order valence-electron chi connectivity index (χ3n) is 1.99. The summed E-state index contributed by atoms with van der Waals surface area (Å²) in [5.74, 6) is 0.549. The molecular weight excluding hydrogens is 258 g/mol. The van der Waals surface area contributed by atoms with E-state index in [1.54, 1.807) is 6.07 Å². The quantitative estimate of drug-likeness (QED) is 0.914. The van der Waals surface area contributed by atoms with Gasteiger partial charge in [0.2, 0.25) is 0 Å². The van der Waals surface area contributed by atoms with Crippen LogP contribution in [0.1, 0.15) is 18.9 Å². The highest BCUT2D eigenvalue weighted by atomic mass is 79.9. The molecule has 0 saturated carbocycles. The first-order valence-electron chi connectivity index (χ1n) is 4.67. The zero-order chi connectivity index (χ0) is 11.3. The fraction of sp³-hybridized carbons (Fsp3) is 0.364. The minimum atomic E-state index is -0.478. The van der Waals surface area contributed by atoms with E-state index in [1.807, 2.05) is 19.1 Å². The lowest BCUT2D eigenvalue weighted by Gasteiger charge is -2.14. The van der Waals surface area contributed by atoms with Crippen molar-refractivity contribution in [3.05, 3.63) is 28.2 Å². The minimum absolute atomic E-state index is 0.101. The second-order valence-electron chi connectivity index (χ2n) is 3.03. The first kappa shape index (κ1) is 12.0. The van der Waals surface area contributed by atoms with Crippen molar-refractivity contribution in [1.82, 2.24) is 0 Å². The number of hydrogen-bond donors (Lipinski definition) is 1. The molecule has 1 N–H and O–H groups in total. The van der Waals surface area contributed by atoms with Crippen molar-refractivity contribution in [1.29, 1.82) is 5.26 Å². The summed E-state index contributed by atoms with van der Waals surface area (Å²) in [6.45, 7) is 1.78. The van der Waals surface area contributed by atoms with Crippen molar-refractivity contribution >= 4 is 15.9 Å². The van der Waals surface area contributed by atoms with E-state index in [0.717, 1.165) is 4.47 Å². The van der Waals surface area contributed by atoms with E-state index >= 15 is 0 Å². The van der Waals surface area contributed by atoms with E-state index in [4.69, 9.17) is 15.1 Å². The lowest BCUT2D eigenvalue weighted by molar-refractivity contribution is 0.231. The Morgan fingerprint density at radius 1 is 1.60 bits per heavy atom. The summed E-state index contributed by atoms with van der Waals surface area (Å²) in [6.07, 6.45) is 0.136. The number of aliphatic hydroxyl groups excluding tert-OH is 1. The van der Waals surface area contributed by atoms with E-state index in [9.17, 15) is 0 Å². The molecular formula is C11H12BrNO2. The molecule has 0 spiro atoms. The molecule has 0 aromatic heterocycles. The zero-order valence-corrected chi connectivity index (χ0v) is 9.99. The number of nitrogens with zero attached hydrogens (tertiary/aromatic N) is 1. The molecule has 0 saturated heterocycles. The zero-order valence-electron chi connectivity index (χ0n) is 8.40. The summed E-state index contributed by atoms with van der Waals surface area (Å²) >= 11 is 3.33. The third-order valence-corrected chi connectivity index (χ3v) is 2.62. The van der Waals surface area contributed by atoms with Gasteiger partial charge < -0.3 is 9.84 Å². The Labute approximate surface area is 97.4 Å². The number of ether oxygens (including phenoxy) is 1. The van der Waals surface area contributed by atoms with Crippen LogP contribution < -0.4 is 4.74 Å². The molecule has 0 aliphatic rings. The van der Waals surface area contributed by atoms with Crippen LogP contribution in [0.5, 0.6) is 5.75 Å². The maximum Gasteiger partial charge on any atom is 0.184 e. The average Bonchev–Trinajstić information content (AvgIpc) is 2.27. The minimum Gasteiger partial charge on any atom is -0.474 e. The van der Waals surface area contributed by atoms with Gasteiger partial charge in [-0.3, -0.25) is 0 Å². The second kappa shape index (κ2) is 5.74. The van der Waals surface area contributed by atoms with Crippen molar-refractivity contribution < 1.29 is 9.84 Å². The molecule has 0 fully saturated rings. The first-order chi connectivity index (χ1) is 7.22. The highest BCUT2D eigenvalue weighted by molar-refractivity contribution is 9.10. The first-order valence-corrected chi connectivity index (χ1v) is 5.46. The topological polar surface area (TPSA) is 53.2 Å². The summed E-state index contributed by atoms with van der Waals surface area (Å²) in [4.78, 5) is 0. The fourth-order valence-electron chi connectivity index (χ4n) is 1.15. The van der Waals surface area contributed by atoms with Gasteiger partial charge in [0.25, 0.3) is 0 Å². The van der Waals surface area contributed by atoms with Crippen molar-refractivity contribution in [3.8, 4) is 11.8 Å². The lowest BCUT2D eigenvalue weighted by Crippen LogP contribution is -2.13. The Morgan fingerprint density at radius 2 is 2.33 bits per heavy atom. The van der Waals surface area contributed by atoms with E-state index in [1.165, 1.54) is 0 Å². The molecule has 0 aliphatic carbocycles.